The van der Waals surface area contributed by atoms with Crippen LogP contribution in [0.2, 0.25) is 0 Å². The Morgan fingerprint density at radius 2 is 1.85 bits per heavy atom. The normalized spacial score (nSPS) is 12.7. The third kappa shape index (κ3) is 5.50. The maximum absolute atomic E-state index is 12.4. The fourth-order valence-electron chi connectivity index (χ4n) is 3.86. The number of rotatable bonds is 8. The monoisotopic (exact) mass is 454 g/mol. The van der Waals surface area contributed by atoms with Crippen molar-refractivity contribution in [2.45, 2.75) is 32.4 Å². The van der Waals surface area contributed by atoms with Crippen molar-refractivity contribution in [2.24, 2.45) is 5.73 Å². The van der Waals surface area contributed by atoms with Crippen LogP contribution >= 0.6 is 0 Å². The predicted molar refractivity (Wildman–Crippen MR) is 138 cm³/mol. The highest BCUT2D eigenvalue weighted by Gasteiger charge is 2.12. The molecule has 174 valence electrons. The molecule has 4 aromatic rings. The van der Waals surface area contributed by atoms with E-state index in [2.05, 4.69) is 40.4 Å². The Morgan fingerprint density at radius 1 is 1.06 bits per heavy atom. The zero-order chi connectivity index (χ0) is 24.1. The minimum Gasteiger partial charge on any atom is -0.351 e. The second kappa shape index (κ2) is 10.3. The average molecular weight is 455 g/mol. The highest BCUT2D eigenvalue weighted by atomic mass is 16.1. The number of nitrogens with zero attached hydrogens (tertiary/aromatic N) is 3. The Hall–Kier alpha value is -3.97. The first-order valence-corrected chi connectivity index (χ1v) is 11.4. The SMILES string of the molecule is CC(Cc1cccc([C@@H](C)N)c1)Nc1nccc(N(C)c2c[nH]c(=O)c(-c3ccccc3)c2)n1. The maximum Gasteiger partial charge on any atom is 0.255 e. The highest BCUT2D eigenvalue weighted by molar-refractivity contribution is 5.69. The van der Waals surface area contributed by atoms with Gasteiger partial charge in [-0.2, -0.15) is 4.98 Å². The zero-order valence-electron chi connectivity index (χ0n) is 19.7. The van der Waals surface area contributed by atoms with Crippen LogP contribution in [0.5, 0.6) is 0 Å². The van der Waals surface area contributed by atoms with Crippen molar-refractivity contribution in [1.29, 1.82) is 0 Å². The minimum atomic E-state index is -0.129. The van der Waals surface area contributed by atoms with Gasteiger partial charge >= 0.3 is 0 Å². The molecule has 0 aliphatic heterocycles. The van der Waals surface area contributed by atoms with E-state index in [1.54, 1.807) is 12.4 Å². The second-order valence-electron chi connectivity index (χ2n) is 8.55. The highest BCUT2D eigenvalue weighted by Crippen LogP contribution is 2.25. The predicted octanol–water partition coefficient (Wildman–Crippen LogP) is 4.66. The van der Waals surface area contributed by atoms with Gasteiger partial charge in [-0.1, -0.05) is 54.6 Å². The smallest absolute Gasteiger partial charge is 0.255 e. The van der Waals surface area contributed by atoms with Crippen molar-refractivity contribution >= 4 is 17.5 Å². The molecular formula is C27H30N6O. The Labute approximate surface area is 199 Å². The van der Waals surface area contributed by atoms with Gasteiger partial charge in [-0.05, 0) is 49.1 Å². The maximum atomic E-state index is 12.4. The second-order valence-corrected chi connectivity index (χ2v) is 8.55. The summed E-state index contributed by atoms with van der Waals surface area (Å²) in [6.07, 6.45) is 4.25. The van der Waals surface area contributed by atoms with Crippen molar-refractivity contribution < 1.29 is 0 Å². The lowest BCUT2D eigenvalue weighted by molar-refractivity contribution is 0.768. The first-order chi connectivity index (χ1) is 16.4. The molecule has 0 fully saturated rings. The van der Waals surface area contributed by atoms with Crippen LogP contribution in [0.1, 0.15) is 31.0 Å². The van der Waals surface area contributed by atoms with Gasteiger partial charge in [-0.3, -0.25) is 4.79 Å². The number of H-pyrrole nitrogens is 1. The fourth-order valence-corrected chi connectivity index (χ4v) is 3.86. The van der Waals surface area contributed by atoms with Crippen molar-refractivity contribution in [2.75, 3.05) is 17.3 Å². The van der Waals surface area contributed by atoms with Gasteiger partial charge in [-0.15, -0.1) is 0 Å². The minimum absolute atomic E-state index is 0.00843. The van der Waals surface area contributed by atoms with E-state index >= 15 is 0 Å². The number of aromatic nitrogens is 3. The number of aromatic amines is 1. The Kier molecular flexibility index (Phi) is 7.04. The molecule has 0 spiro atoms. The third-order valence-electron chi connectivity index (χ3n) is 5.74. The van der Waals surface area contributed by atoms with Crippen LogP contribution in [-0.4, -0.2) is 28.0 Å². The van der Waals surface area contributed by atoms with E-state index in [0.29, 0.717) is 11.5 Å². The summed E-state index contributed by atoms with van der Waals surface area (Å²) in [5.41, 5.74) is 10.5. The van der Waals surface area contributed by atoms with Crippen LogP contribution in [0.4, 0.5) is 17.5 Å². The lowest BCUT2D eigenvalue weighted by Gasteiger charge is -2.20. The van der Waals surface area contributed by atoms with Gasteiger partial charge < -0.3 is 20.9 Å². The van der Waals surface area contributed by atoms with Gasteiger partial charge in [0.1, 0.15) is 5.82 Å². The van der Waals surface area contributed by atoms with Crippen molar-refractivity contribution in [1.82, 2.24) is 15.0 Å². The van der Waals surface area contributed by atoms with E-state index in [1.807, 2.05) is 67.4 Å². The molecule has 0 aliphatic carbocycles. The molecule has 0 amide bonds. The molecular weight excluding hydrogens is 424 g/mol. The molecule has 0 bridgehead atoms. The fraction of sp³-hybridized carbons (Fsp3) is 0.222. The largest absolute Gasteiger partial charge is 0.351 e. The first-order valence-electron chi connectivity index (χ1n) is 11.4. The molecule has 0 saturated carbocycles. The molecule has 7 heteroatoms. The van der Waals surface area contributed by atoms with Gasteiger partial charge in [0.25, 0.3) is 5.56 Å². The van der Waals surface area contributed by atoms with Crippen LogP contribution in [0.15, 0.2) is 83.9 Å². The number of hydrogen-bond acceptors (Lipinski definition) is 6. The van der Waals surface area contributed by atoms with Crippen molar-refractivity contribution in [3.05, 3.63) is 101 Å². The summed E-state index contributed by atoms with van der Waals surface area (Å²) in [6, 6.07) is 21.8. The van der Waals surface area contributed by atoms with Crippen LogP contribution in [0.25, 0.3) is 11.1 Å². The van der Waals surface area contributed by atoms with Gasteiger partial charge in [0.15, 0.2) is 0 Å². The molecule has 4 N–H and O–H groups in total. The van der Waals surface area contributed by atoms with Crippen molar-refractivity contribution in [3.63, 3.8) is 0 Å². The number of pyridine rings is 1. The average Bonchev–Trinajstić information content (AvgIpc) is 2.84. The summed E-state index contributed by atoms with van der Waals surface area (Å²) >= 11 is 0. The molecule has 7 nitrogen and oxygen atoms in total. The number of anilines is 3. The molecule has 4 rings (SSSR count). The summed E-state index contributed by atoms with van der Waals surface area (Å²) in [4.78, 5) is 26.2. The zero-order valence-corrected chi connectivity index (χ0v) is 19.7. The molecule has 2 aromatic heterocycles. The van der Waals surface area contributed by atoms with Gasteiger partial charge in [0, 0.05) is 37.1 Å². The quantitative estimate of drug-likeness (QED) is 0.358. The first kappa shape index (κ1) is 23.2. The van der Waals surface area contributed by atoms with Gasteiger partial charge in [0.2, 0.25) is 5.95 Å². The number of benzene rings is 2. The van der Waals surface area contributed by atoms with E-state index in [-0.39, 0.29) is 17.6 Å². The molecule has 2 aromatic carbocycles. The molecule has 34 heavy (non-hydrogen) atoms. The number of nitrogens with one attached hydrogen (secondary N) is 2. The molecule has 0 aliphatic rings. The van der Waals surface area contributed by atoms with Crippen LogP contribution in [0, 0.1) is 0 Å². The Morgan fingerprint density at radius 3 is 2.62 bits per heavy atom. The molecule has 2 atom stereocenters. The van der Waals surface area contributed by atoms with E-state index in [0.717, 1.165) is 29.1 Å². The topological polar surface area (TPSA) is 99.9 Å². The number of nitrogens with two attached hydrogens (primary N) is 1. The summed E-state index contributed by atoms with van der Waals surface area (Å²) in [5.74, 6) is 1.27. The van der Waals surface area contributed by atoms with E-state index < -0.39 is 0 Å². The molecule has 0 saturated heterocycles. The van der Waals surface area contributed by atoms with E-state index in [4.69, 9.17) is 10.7 Å². The lowest BCUT2D eigenvalue weighted by Crippen LogP contribution is -2.21. The Bertz CT molecular complexity index is 1300. The third-order valence-corrected chi connectivity index (χ3v) is 5.74. The lowest BCUT2D eigenvalue weighted by atomic mass is 10.0. The van der Waals surface area contributed by atoms with Crippen LogP contribution in [-0.2, 0) is 6.42 Å². The standard InChI is InChI=1S/C27H30N6O/c1-18(14-20-8-7-11-22(15-20)19(2)28)31-27-29-13-12-25(32-27)33(3)23-16-24(26(34)30-17-23)21-9-5-4-6-10-21/h4-13,15-19H,14,28H2,1-3H3,(H,30,34)(H,29,31,32)/t18?,19-/m1/s1. The molecule has 2 heterocycles. The van der Waals surface area contributed by atoms with Crippen molar-refractivity contribution in [3.8, 4) is 11.1 Å². The van der Waals surface area contributed by atoms with E-state index in [9.17, 15) is 4.79 Å². The van der Waals surface area contributed by atoms with E-state index in [1.165, 1.54) is 5.56 Å². The molecule has 0 radical (unpaired) electrons. The summed E-state index contributed by atoms with van der Waals surface area (Å²) in [5, 5.41) is 3.39. The van der Waals surface area contributed by atoms with Gasteiger partial charge in [0.05, 0.1) is 5.69 Å². The Balaban J connectivity index is 1.50. The summed E-state index contributed by atoms with van der Waals surface area (Å²) in [6.45, 7) is 4.09. The van der Waals surface area contributed by atoms with Crippen LogP contribution < -0.4 is 21.5 Å². The summed E-state index contributed by atoms with van der Waals surface area (Å²) < 4.78 is 0. The van der Waals surface area contributed by atoms with Crippen LogP contribution in [0.3, 0.4) is 0 Å². The van der Waals surface area contributed by atoms with Gasteiger partial charge in [-0.25, -0.2) is 4.98 Å². The number of hydrogen-bond donors (Lipinski definition) is 3. The summed E-state index contributed by atoms with van der Waals surface area (Å²) in [7, 11) is 1.91. The molecule has 1 unspecified atom stereocenters.